The number of allylic oxidation sites excluding steroid dienone is 3. The minimum atomic E-state index is -0.0608. The highest BCUT2D eigenvalue weighted by molar-refractivity contribution is 6.06. The minimum Gasteiger partial charge on any atom is -0.312 e. The van der Waals surface area contributed by atoms with Crippen LogP contribution in [0.15, 0.2) is 72.3 Å². The van der Waals surface area contributed by atoms with Crippen molar-refractivity contribution in [3.8, 4) is 0 Å². The van der Waals surface area contributed by atoms with Crippen LogP contribution in [0.5, 0.6) is 0 Å². The van der Waals surface area contributed by atoms with Gasteiger partial charge >= 0.3 is 0 Å². The summed E-state index contributed by atoms with van der Waals surface area (Å²) in [6.07, 6.45) is 6.90. The molecule has 1 aliphatic heterocycles. The van der Waals surface area contributed by atoms with E-state index in [-0.39, 0.29) is 11.7 Å². The van der Waals surface area contributed by atoms with Gasteiger partial charge in [0.25, 0.3) is 0 Å². The molecule has 0 spiro atoms. The summed E-state index contributed by atoms with van der Waals surface area (Å²) >= 11 is 0. The largest absolute Gasteiger partial charge is 0.312 e. The van der Waals surface area contributed by atoms with Crippen molar-refractivity contribution in [3.05, 3.63) is 83.4 Å². The Hall–Kier alpha value is -2.94. The number of ketones is 1. The highest BCUT2D eigenvalue weighted by Gasteiger charge is 2.21. The summed E-state index contributed by atoms with van der Waals surface area (Å²) in [5.74, 6) is 0.0658. The van der Waals surface area contributed by atoms with E-state index in [4.69, 9.17) is 0 Å². The number of nitrogens with zero attached hydrogens (tertiary/aromatic N) is 1. The molecule has 2 aromatic rings. The van der Waals surface area contributed by atoms with E-state index in [0.29, 0.717) is 12.0 Å². The lowest BCUT2D eigenvalue weighted by Crippen LogP contribution is -2.23. The third-order valence-electron chi connectivity index (χ3n) is 4.21. The van der Waals surface area contributed by atoms with Crippen LogP contribution in [0.3, 0.4) is 0 Å². The fraction of sp³-hybridized carbons (Fsp3) is 0.182. The molecule has 126 valence electrons. The molecular formula is C22H21NO2. The highest BCUT2D eigenvalue weighted by Crippen LogP contribution is 2.22. The van der Waals surface area contributed by atoms with Gasteiger partial charge in [0, 0.05) is 24.2 Å². The van der Waals surface area contributed by atoms with Crippen LogP contribution in [0.25, 0.3) is 6.08 Å². The molecule has 0 aliphatic carbocycles. The van der Waals surface area contributed by atoms with E-state index in [1.807, 2.05) is 61.5 Å². The first-order chi connectivity index (χ1) is 12.1. The number of rotatable bonds is 5. The van der Waals surface area contributed by atoms with Crippen molar-refractivity contribution in [2.45, 2.75) is 19.8 Å². The van der Waals surface area contributed by atoms with E-state index in [0.717, 1.165) is 29.8 Å². The maximum Gasteiger partial charge on any atom is 0.227 e. The molecule has 0 unspecified atom stereocenters. The SMILES string of the molecule is CC(C=CC(=O)c1cccc(N2CCCC2=O)c1)=Cc1ccccc1. The summed E-state index contributed by atoms with van der Waals surface area (Å²) in [5, 5.41) is 0. The van der Waals surface area contributed by atoms with E-state index >= 15 is 0 Å². The number of carbonyl (C=O) groups excluding carboxylic acids is 2. The Morgan fingerprint density at radius 1 is 1.04 bits per heavy atom. The van der Waals surface area contributed by atoms with Gasteiger partial charge in [-0.3, -0.25) is 9.59 Å². The van der Waals surface area contributed by atoms with E-state index in [2.05, 4.69) is 0 Å². The molecule has 1 amide bonds. The molecule has 3 nitrogen and oxygen atoms in total. The fourth-order valence-electron chi connectivity index (χ4n) is 2.91. The van der Waals surface area contributed by atoms with Crippen LogP contribution in [0, 0.1) is 0 Å². The molecule has 0 radical (unpaired) electrons. The van der Waals surface area contributed by atoms with Crippen molar-refractivity contribution in [2.75, 3.05) is 11.4 Å². The standard InChI is InChI=1S/C22H21NO2/c1-17(15-18-7-3-2-4-8-18)12-13-21(24)19-9-5-10-20(16-19)23-14-6-11-22(23)25/h2-5,7-10,12-13,15-16H,6,11,14H2,1H3. The molecule has 0 atom stereocenters. The first-order valence-electron chi connectivity index (χ1n) is 8.50. The van der Waals surface area contributed by atoms with Crippen molar-refractivity contribution in [2.24, 2.45) is 0 Å². The van der Waals surface area contributed by atoms with E-state index in [1.165, 1.54) is 0 Å². The van der Waals surface area contributed by atoms with E-state index < -0.39 is 0 Å². The Morgan fingerprint density at radius 2 is 1.84 bits per heavy atom. The first-order valence-corrected chi connectivity index (χ1v) is 8.50. The van der Waals surface area contributed by atoms with E-state index in [9.17, 15) is 9.59 Å². The number of hydrogen-bond donors (Lipinski definition) is 0. The van der Waals surface area contributed by atoms with Crippen LogP contribution < -0.4 is 4.90 Å². The van der Waals surface area contributed by atoms with Gasteiger partial charge in [-0.15, -0.1) is 0 Å². The van der Waals surface area contributed by atoms with Crippen LogP contribution in [-0.2, 0) is 4.79 Å². The molecule has 1 saturated heterocycles. The minimum absolute atomic E-state index is 0.0608. The Balaban J connectivity index is 1.73. The van der Waals surface area contributed by atoms with Gasteiger partial charge in [-0.1, -0.05) is 60.2 Å². The van der Waals surface area contributed by atoms with E-state index in [1.54, 1.807) is 23.1 Å². The molecule has 0 bridgehead atoms. The average molecular weight is 331 g/mol. The number of carbonyl (C=O) groups is 2. The zero-order chi connectivity index (χ0) is 17.6. The molecular weight excluding hydrogens is 310 g/mol. The number of amides is 1. The van der Waals surface area contributed by atoms with Crippen molar-refractivity contribution >= 4 is 23.5 Å². The number of hydrogen-bond acceptors (Lipinski definition) is 2. The average Bonchev–Trinajstić information content (AvgIpc) is 3.06. The van der Waals surface area contributed by atoms with Gasteiger partial charge < -0.3 is 4.90 Å². The molecule has 0 aromatic heterocycles. The summed E-state index contributed by atoms with van der Waals surface area (Å²) in [6.45, 7) is 2.70. The molecule has 0 saturated carbocycles. The van der Waals surface area contributed by atoms with Crippen LogP contribution in [0.2, 0.25) is 0 Å². The molecule has 1 aliphatic rings. The monoisotopic (exact) mass is 331 g/mol. The van der Waals surface area contributed by atoms with Crippen LogP contribution in [0.4, 0.5) is 5.69 Å². The molecule has 25 heavy (non-hydrogen) atoms. The summed E-state index contributed by atoms with van der Waals surface area (Å²) in [6, 6.07) is 17.3. The Kier molecular flexibility index (Phi) is 5.24. The zero-order valence-corrected chi connectivity index (χ0v) is 14.3. The predicted molar refractivity (Wildman–Crippen MR) is 102 cm³/mol. The van der Waals surface area contributed by atoms with Crippen LogP contribution in [-0.4, -0.2) is 18.2 Å². The van der Waals surface area contributed by atoms with Gasteiger partial charge in [0.15, 0.2) is 5.78 Å². The fourth-order valence-corrected chi connectivity index (χ4v) is 2.91. The maximum atomic E-state index is 12.4. The number of anilines is 1. The summed E-state index contributed by atoms with van der Waals surface area (Å²) in [5.41, 5.74) is 3.51. The van der Waals surface area contributed by atoms with Gasteiger partial charge in [-0.25, -0.2) is 0 Å². The zero-order valence-electron chi connectivity index (χ0n) is 14.3. The molecule has 3 rings (SSSR count). The number of benzene rings is 2. The maximum absolute atomic E-state index is 12.4. The Morgan fingerprint density at radius 3 is 2.56 bits per heavy atom. The molecule has 2 aromatic carbocycles. The highest BCUT2D eigenvalue weighted by atomic mass is 16.2. The van der Waals surface area contributed by atoms with Crippen molar-refractivity contribution in [3.63, 3.8) is 0 Å². The summed E-state index contributed by atoms with van der Waals surface area (Å²) in [7, 11) is 0. The first kappa shape index (κ1) is 16.9. The summed E-state index contributed by atoms with van der Waals surface area (Å²) < 4.78 is 0. The summed E-state index contributed by atoms with van der Waals surface area (Å²) in [4.78, 5) is 26.0. The van der Waals surface area contributed by atoms with Crippen molar-refractivity contribution in [1.82, 2.24) is 0 Å². The van der Waals surface area contributed by atoms with Gasteiger partial charge in [-0.05, 0) is 37.1 Å². The molecule has 3 heteroatoms. The second-order valence-corrected chi connectivity index (χ2v) is 6.20. The third-order valence-corrected chi connectivity index (χ3v) is 4.21. The molecule has 1 fully saturated rings. The van der Waals surface area contributed by atoms with Crippen LogP contribution in [0.1, 0.15) is 35.7 Å². The third kappa shape index (κ3) is 4.32. The van der Waals surface area contributed by atoms with Crippen molar-refractivity contribution in [1.29, 1.82) is 0 Å². The Bertz CT molecular complexity index is 834. The van der Waals surface area contributed by atoms with Gasteiger partial charge in [0.05, 0.1) is 0 Å². The smallest absolute Gasteiger partial charge is 0.227 e. The second-order valence-electron chi connectivity index (χ2n) is 6.20. The predicted octanol–water partition coefficient (Wildman–Crippen LogP) is 4.66. The van der Waals surface area contributed by atoms with Gasteiger partial charge in [-0.2, -0.15) is 0 Å². The van der Waals surface area contributed by atoms with Crippen LogP contribution >= 0.6 is 0 Å². The second kappa shape index (κ2) is 7.75. The Labute approximate surface area is 148 Å². The van der Waals surface area contributed by atoms with Gasteiger partial charge in [0.1, 0.15) is 0 Å². The lowest BCUT2D eigenvalue weighted by Gasteiger charge is -2.16. The normalized spacial score (nSPS) is 15.2. The topological polar surface area (TPSA) is 37.4 Å². The lowest BCUT2D eigenvalue weighted by atomic mass is 10.1. The molecule has 0 N–H and O–H groups in total. The van der Waals surface area contributed by atoms with Gasteiger partial charge in [0.2, 0.25) is 5.91 Å². The van der Waals surface area contributed by atoms with Crippen molar-refractivity contribution < 1.29 is 9.59 Å². The molecule has 1 heterocycles. The lowest BCUT2D eigenvalue weighted by molar-refractivity contribution is -0.117. The quantitative estimate of drug-likeness (QED) is 0.454.